The van der Waals surface area contributed by atoms with Gasteiger partial charge >= 0.3 is 0 Å². The molecule has 2 aromatic rings. The van der Waals surface area contributed by atoms with Gasteiger partial charge in [-0.15, -0.1) is 0 Å². The molecule has 22 heavy (non-hydrogen) atoms. The maximum Gasteiger partial charge on any atom is 0.261 e. The van der Waals surface area contributed by atoms with E-state index >= 15 is 0 Å². The lowest BCUT2D eigenvalue weighted by atomic mass is 10.1. The number of hydrogen-bond acceptors (Lipinski definition) is 4. The average molecular weight is 324 g/mol. The third-order valence-electron chi connectivity index (χ3n) is 3.38. The van der Waals surface area contributed by atoms with E-state index in [0.29, 0.717) is 22.0 Å². The fraction of sp³-hybridized carbons (Fsp3) is 0.400. The van der Waals surface area contributed by atoms with Crippen LogP contribution in [-0.2, 0) is 6.54 Å². The van der Waals surface area contributed by atoms with E-state index in [1.807, 2.05) is 13.8 Å². The van der Waals surface area contributed by atoms with Gasteiger partial charge in [0.05, 0.1) is 17.3 Å². The first-order valence-electron chi connectivity index (χ1n) is 6.94. The molecular formula is C15H18ClN3O3. The number of aryl methyl sites for hydroxylation is 1. The van der Waals surface area contributed by atoms with Crippen LogP contribution in [0.1, 0.15) is 52.8 Å². The summed E-state index contributed by atoms with van der Waals surface area (Å²) in [5, 5.41) is 6.94. The highest BCUT2D eigenvalue weighted by atomic mass is 35.5. The normalized spacial score (nSPS) is 11.0. The van der Waals surface area contributed by atoms with Crippen LogP contribution >= 0.6 is 11.6 Å². The number of hydrogen-bond donors (Lipinski definition) is 2. The molecule has 0 spiro atoms. The van der Waals surface area contributed by atoms with Gasteiger partial charge in [-0.05, 0) is 25.3 Å². The van der Waals surface area contributed by atoms with Gasteiger partial charge < -0.3 is 14.8 Å². The van der Waals surface area contributed by atoms with Crippen molar-refractivity contribution in [1.82, 2.24) is 15.5 Å². The number of aromatic nitrogens is 2. The summed E-state index contributed by atoms with van der Waals surface area (Å²) in [5.41, 5.74) is 1.37. The molecule has 2 aromatic heterocycles. The lowest BCUT2D eigenvalue weighted by molar-refractivity contribution is 0.0945. The average Bonchev–Trinajstić information content (AvgIpc) is 2.92. The number of nitrogens with zero attached hydrogens (tertiary/aromatic N) is 1. The summed E-state index contributed by atoms with van der Waals surface area (Å²) in [5.74, 6) is 0.279. The molecule has 1 amide bonds. The molecule has 7 heteroatoms. The Morgan fingerprint density at radius 2 is 2.14 bits per heavy atom. The van der Waals surface area contributed by atoms with E-state index in [9.17, 15) is 9.59 Å². The van der Waals surface area contributed by atoms with Crippen molar-refractivity contribution in [3.63, 3.8) is 0 Å². The molecule has 0 saturated heterocycles. The number of carbonyl (C=O) groups is 1. The van der Waals surface area contributed by atoms with Gasteiger partial charge in [-0.1, -0.05) is 30.6 Å². The third-order valence-corrected chi connectivity index (χ3v) is 3.95. The molecule has 0 fully saturated rings. The molecule has 6 nitrogen and oxygen atoms in total. The summed E-state index contributed by atoms with van der Waals surface area (Å²) in [6, 6.07) is 1.78. The van der Waals surface area contributed by atoms with Crippen LogP contribution in [0.5, 0.6) is 0 Å². The largest absolute Gasteiger partial charge is 0.359 e. The van der Waals surface area contributed by atoms with Crippen LogP contribution in [0.25, 0.3) is 0 Å². The van der Waals surface area contributed by atoms with E-state index in [1.54, 1.807) is 19.9 Å². The van der Waals surface area contributed by atoms with E-state index in [2.05, 4.69) is 15.5 Å². The second-order valence-electron chi connectivity index (χ2n) is 5.45. The van der Waals surface area contributed by atoms with Gasteiger partial charge in [-0.2, -0.15) is 0 Å². The van der Waals surface area contributed by atoms with E-state index in [-0.39, 0.29) is 18.0 Å². The number of amides is 1. The quantitative estimate of drug-likeness (QED) is 0.905. The standard InChI is InChI=1S/C15H18ClN3O3/c1-7(2)11-5-10(22-19-11)6-17-14(20)12-8(3)13(16)9(4)18-15(12)21/h5,7H,6H2,1-4H3,(H,17,20)(H,18,21). The molecule has 2 N–H and O–H groups in total. The zero-order valence-electron chi connectivity index (χ0n) is 12.9. The molecule has 0 aliphatic carbocycles. The van der Waals surface area contributed by atoms with Gasteiger partial charge in [-0.3, -0.25) is 9.59 Å². The molecule has 2 rings (SSSR count). The van der Waals surface area contributed by atoms with Crippen LogP contribution in [0.4, 0.5) is 0 Å². The van der Waals surface area contributed by atoms with Crippen molar-refractivity contribution in [1.29, 1.82) is 0 Å². The SMILES string of the molecule is Cc1[nH]c(=O)c(C(=O)NCc2cc(C(C)C)no2)c(C)c1Cl. The Morgan fingerprint density at radius 1 is 1.45 bits per heavy atom. The van der Waals surface area contributed by atoms with Gasteiger partial charge in [0.2, 0.25) is 0 Å². The molecule has 0 radical (unpaired) electrons. The fourth-order valence-electron chi connectivity index (χ4n) is 2.06. The van der Waals surface area contributed by atoms with Crippen LogP contribution in [-0.4, -0.2) is 16.0 Å². The maximum absolute atomic E-state index is 12.2. The number of pyridine rings is 1. The van der Waals surface area contributed by atoms with Crippen LogP contribution in [0, 0.1) is 13.8 Å². The smallest absolute Gasteiger partial charge is 0.261 e. The Kier molecular flexibility index (Phi) is 4.71. The summed E-state index contributed by atoms with van der Waals surface area (Å²) in [4.78, 5) is 26.7. The molecule has 0 saturated carbocycles. The highest BCUT2D eigenvalue weighted by Gasteiger charge is 2.18. The lowest BCUT2D eigenvalue weighted by Gasteiger charge is -2.08. The Bertz CT molecular complexity index is 762. The molecular weight excluding hydrogens is 306 g/mol. The van der Waals surface area contributed by atoms with Crippen molar-refractivity contribution in [3.05, 3.63) is 49.7 Å². The number of carbonyl (C=O) groups excluding carboxylic acids is 1. The summed E-state index contributed by atoms with van der Waals surface area (Å²) in [7, 11) is 0. The number of H-pyrrole nitrogens is 1. The van der Waals surface area contributed by atoms with Gasteiger partial charge in [-0.25, -0.2) is 0 Å². The molecule has 118 valence electrons. The molecule has 0 atom stereocenters. The molecule has 0 aromatic carbocycles. The first kappa shape index (κ1) is 16.3. The van der Waals surface area contributed by atoms with E-state index in [1.165, 1.54) is 0 Å². The third kappa shape index (κ3) is 3.22. The lowest BCUT2D eigenvalue weighted by Crippen LogP contribution is -2.30. The van der Waals surface area contributed by atoms with Crippen molar-refractivity contribution in [2.45, 2.75) is 40.2 Å². The highest BCUT2D eigenvalue weighted by Crippen LogP contribution is 2.19. The minimum Gasteiger partial charge on any atom is -0.359 e. The topological polar surface area (TPSA) is 88.0 Å². The van der Waals surface area contributed by atoms with Crippen molar-refractivity contribution >= 4 is 17.5 Å². The molecule has 0 aliphatic heterocycles. The minimum atomic E-state index is -0.497. The van der Waals surface area contributed by atoms with Gasteiger partial charge in [0, 0.05) is 11.8 Å². The highest BCUT2D eigenvalue weighted by molar-refractivity contribution is 6.32. The second-order valence-corrected chi connectivity index (χ2v) is 5.83. The number of nitrogens with one attached hydrogen (secondary N) is 2. The number of rotatable bonds is 4. The predicted molar refractivity (Wildman–Crippen MR) is 83.3 cm³/mol. The van der Waals surface area contributed by atoms with Crippen molar-refractivity contribution < 1.29 is 9.32 Å². The summed E-state index contributed by atoms with van der Waals surface area (Å²) in [6.45, 7) is 7.48. The van der Waals surface area contributed by atoms with E-state index in [0.717, 1.165) is 5.69 Å². The van der Waals surface area contributed by atoms with Crippen molar-refractivity contribution in [3.8, 4) is 0 Å². The second kappa shape index (κ2) is 6.36. The first-order valence-corrected chi connectivity index (χ1v) is 7.31. The number of aromatic amines is 1. The first-order chi connectivity index (χ1) is 10.3. The zero-order valence-corrected chi connectivity index (χ0v) is 13.7. The van der Waals surface area contributed by atoms with Crippen LogP contribution < -0.4 is 10.9 Å². The van der Waals surface area contributed by atoms with Crippen LogP contribution in [0.15, 0.2) is 15.4 Å². The molecule has 2 heterocycles. The van der Waals surface area contributed by atoms with Crippen molar-refractivity contribution in [2.24, 2.45) is 0 Å². The predicted octanol–water partition coefficient (Wildman–Crippen LogP) is 2.69. The Balaban J connectivity index is 2.16. The minimum absolute atomic E-state index is 0.0131. The fourth-order valence-corrected chi connectivity index (χ4v) is 2.20. The summed E-state index contributed by atoms with van der Waals surface area (Å²) in [6.07, 6.45) is 0. The molecule has 0 bridgehead atoms. The Hall–Kier alpha value is -2.08. The van der Waals surface area contributed by atoms with Gasteiger partial charge in [0.1, 0.15) is 5.56 Å². The van der Waals surface area contributed by atoms with Crippen LogP contribution in [0.2, 0.25) is 5.02 Å². The maximum atomic E-state index is 12.2. The van der Waals surface area contributed by atoms with Gasteiger partial charge in [0.15, 0.2) is 5.76 Å². The Morgan fingerprint density at radius 3 is 2.73 bits per heavy atom. The molecule has 0 unspecified atom stereocenters. The number of halogens is 1. The van der Waals surface area contributed by atoms with E-state index < -0.39 is 11.5 Å². The Labute approximate surface area is 132 Å². The van der Waals surface area contributed by atoms with Gasteiger partial charge in [0.25, 0.3) is 11.5 Å². The summed E-state index contributed by atoms with van der Waals surface area (Å²) >= 11 is 6.08. The van der Waals surface area contributed by atoms with Crippen molar-refractivity contribution in [2.75, 3.05) is 0 Å². The molecule has 0 aliphatic rings. The van der Waals surface area contributed by atoms with E-state index in [4.69, 9.17) is 16.1 Å². The monoisotopic (exact) mass is 323 g/mol. The summed E-state index contributed by atoms with van der Waals surface area (Å²) < 4.78 is 5.14. The zero-order chi connectivity index (χ0) is 16.4. The van der Waals surface area contributed by atoms with Crippen LogP contribution in [0.3, 0.4) is 0 Å².